The summed E-state index contributed by atoms with van der Waals surface area (Å²) in [6.45, 7) is 6.13. The van der Waals surface area contributed by atoms with Gasteiger partial charge in [-0.3, -0.25) is 9.52 Å². The molecule has 4 nitrogen and oxygen atoms in total. The lowest BCUT2D eigenvalue weighted by atomic mass is 9.77. The Morgan fingerprint density at radius 2 is 1.78 bits per heavy atom. The average molecular weight is 337 g/mol. The first-order chi connectivity index (χ1) is 10.7. The molecule has 1 amide bonds. The number of hydrogen-bond donors (Lipinski definition) is 1. The Morgan fingerprint density at radius 3 is 2.30 bits per heavy atom. The van der Waals surface area contributed by atoms with Gasteiger partial charge >= 0.3 is 0 Å². The first-order valence-electron chi connectivity index (χ1n) is 8.33. The van der Waals surface area contributed by atoms with Crippen LogP contribution in [0, 0.1) is 11.8 Å². The third-order valence-corrected chi connectivity index (χ3v) is 7.34. The number of nitrogens with one attached hydrogen (secondary N) is 1. The highest BCUT2D eigenvalue weighted by molar-refractivity contribution is 7.91. The van der Waals surface area contributed by atoms with Crippen molar-refractivity contribution in [2.75, 3.05) is 0 Å². The molecule has 1 aliphatic carbocycles. The minimum absolute atomic E-state index is 0.0881. The third kappa shape index (κ3) is 4.34. The molecule has 1 fully saturated rings. The van der Waals surface area contributed by atoms with Gasteiger partial charge in [0, 0.05) is 0 Å². The number of carbonyl (C=O) groups is 1. The summed E-state index contributed by atoms with van der Waals surface area (Å²) in [5, 5.41) is 0. The third-order valence-electron chi connectivity index (χ3n) is 5.14. The van der Waals surface area contributed by atoms with Crippen molar-refractivity contribution in [3.63, 3.8) is 0 Å². The molecule has 1 aromatic rings. The maximum absolute atomic E-state index is 12.7. The van der Waals surface area contributed by atoms with E-state index in [-0.39, 0.29) is 6.42 Å². The van der Waals surface area contributed by atoms with Crippen LogP contribution in [0.15, 0.2) is 30.3 Å². The van der Waals surface area contributed by atoms with E-state index in [2.05, 4.69) is 18.6 Å². The highest BCUT2D eigenvalue weighted by Gasteiger charge is 2.43. The van der Waals surface area contributed by atoms with Crippen LogP contribution in [0.25, 0.3) is 0 Å². The standard InChI is InChI=1S/C18H27NO3S/c1-14(2)16-9-11-18(3,12-10-16)23(21,22)19-17(20)13-15-7-5-4-6-8-15/h4-8,14,16H,9-13H2,1-3H3,(H,19,20). The van der Waals surface area contributed by atoms with Crippen LogP contribution in [-0.4, -0.2) is 19.1 Å². The van der Waals surface area contributed by atoms with Gasteiger partial charge in [0.25, 0.3) is 0 Å². The second kappa shape index (κ2) is 7.04. The van der Waals surface area contributed by atoms with Crippen molar-refractivity contribution in [2.24, 2.45) is 11.8 Å². The molecule has 5 heteroatoms. The van der Waals surface area contributed by atoms with Crippen molar-refractivity contribution in [2.45, 2.75) is 57.6 Å². The molecule has 0 unspecified atom stereocenters. The molecular weight excluding hydrogens is 310 g/mol. The number of rotatable bonds is 5. The molecule has 0 aliphatic heterocycles. The van der Waals surface area contributed by atoms with Gasteiger partial charge in [-0.15, -0.1) is 0 Å². The van der Waals surface area contributed by atoms with Crippen LogP contribution in [0.5, 0.6) is 0 Å². The molecule has 128 valence electrons. The Bertz CT molecular complexity index is 629. The van der Waals surface area contributed by atoms with E-state index in [1.165, 1.54) is 0 Å². The zero-order valence-corrected chi connectivity index (χ0v) is 15.0. The van der Waals surface area contributed by atoms with Gasteiger partial charge in [0.2, 0.25) is 15.9 Å². The van der Waals surface area contributed by atoms with Crippen LogP contribution in [0.4, 0.5) is 0 Å². The molecule has 2 rings (SSSR count). The fourth-order valence-corrected chi connectivity index (χ4v) is 4.67. The molecule has 1 N–H and O–H groups in total. The van der Waals surface area contributed by atoms with Crippen LogP contribution in [0.1, 0.15) is 52.0 Å². The minimum Gasteiger partial charge on any atom is -0.274 e. The van der Waals surface area contributed by atoms with Crippen molar-refractivity contribution < 1.29 is 13.2 Å². The summed E-state index contributed by atoms with van der Waals surface area (Å²) >= 11 is 0. The summed E-state index contributed by atoms with van der Waals surface area (Å²) in [7, 11) is -3.65. The molecule has 0 spiro atoms. The van der Waals surface area contributed by atoms with Crippen LogP contribution in [0.3, 0.4) is 0 Å². The Hall–Kier alpha value is -1.36. The van der Waals surface area contributed by atoms with Gasteiger partial charge in [-0.25, -0.2) is 8.42 Å². The van der Waals surface area contributed by atoms with E-state index in [4.69, 9.17) is 0 Å². The predicted molar refractivity (Wildman–Crippen MR) is 92.4 cm³/mol. The van der Waals surface area contributed by atoms with E-state index in [1.54, 1.807) is 6.92 Å². The fourth-order valence-electron chi connectivity index (χ4n) is 3.28. The van der Waals surface area contributed by atoms with Crippen LogP contribution in [0.2, 0.25) is 0 Å². The van der Waals surface area contributed by atoms with E-state index in [0.717, 1.165) is 18.4 Å². The van der Waals surface area contributed by atoms with E-state index in [0.29, 0.717) is 24.7 Å². The van der Waals surface area contributed by atoms with Crippen LogP contribution >= 0.6 is 0 Å². The Labute approximate surface area is 139 Å². The predicted octanol–water partition coefficient (Wildman–Crippen LogP) is 3.28. The minimum atomic E-state index is -3.65. The highest BCUT2D eigenvalue weighted by Crippen LogP contribution is 2.39. The van der Waals surface area contributed by atoms with E-state index in [9.17, 15) is 13.2 Å². The molecule has 0 aromatic heterocycles. The molecule has 1 aromatic carbocycles. The molecule has 1 saturated carbocycles. The van der Waals surface area contributed by atoms with Gasteiger partial charge in [-0.1, -0.05) is 44.2 Å². The maximum atomic E-state index is 12.7. The summed E-state index contributed by atoms with van der Waals surface area (Å²) in [6.07, 6.45) is 3.13. The second-order valence-corrected chi connectivity index (χ2v) is 9.42. The highest BCUT2D eigenvalue weighted by atomic mass is 32.2. The lowest BCUT2D eigenvalue weighted by Gasteiger charge is -2.37. The van der Waals surface area contributed by atoms with E-state index in [1.807, 2.05) is 30.3 Å². The number of hydrogen-bond acceptors (Lipinski definition) is 3. The number of benzene rings is 1. The molecule has 23 heavy (non-hydrogen) atoms. The van der Waals surface area contributed by atoms with Crippen LogP contribution < -0.4 is 4.72 Å². The molecule has 0 heterocycles. The quantitative estimate of drug-likeness (QED) is 0.897. The molecule has 0 radical (unpaired) electrons. The SMILES string of the molecule is CC(C)C1CCC(C)(S(=O)(=O)NC(=O)Cc2ccccc2)CC1. The van der Waals surface area contributed by atoms with Crippen molar-refractivity contribution in [1.29, 1.82) is 0 Å². The van der Waals surface area contributed by atoms with Gasteiger partial charge in [-0.05, 0) is 50.0 Å². The first kappa shape index (κ1) is 18.0. The topological polar surface area (TPSA) is 63.2 Å². The number of carbonyl (C=O) groups excluding carboxylic acids is 1. The molecule has 0 saturated heterocycles. The maximum Gasteiger partial charge on any atom is 0.240 e. The Kier molecular flexibility index (Phi) is 5.50. The largest absolute Gasteiger partial charge is 0.274 e. The summed E-state index contributed by atoms with van der Waals surface area (Å²) in [4.78, 5) is 12.1. The summed E-state index contributed by atoms with van der Waals surface area (Å²) < 4.78 is 26.8. The molecule has 1 aliphatic rings. The van der Waals surface area contributed by atoms with E-state index < -0.39 is 20.7 Å². The monoisotopic (exact) mass is 337 g/mol. The van der Waals surface area contributed by atoms with Gasteiger partial charge in [0.15, 0.2) is 0 Å². The summed E-state index contributed by atoms with van der Waals surface area (Å²) in [6, 6.07) is 9.19. The van der Waals surface area contributed by atoms with Crippen molar-refractivity contribution in [3.8, 4) is 0 Å². The van der Waals surface area contributed by atoms with Crippen molar-refractivity contribution >= 4 is 15.9 Å². The lowest BCUT2D eigenvalue weighted by Crippen LogP contribution is -2.48. The lowest BCUT2D eigenvalue weighted by molar-refractivity contribution is -0.118. The first-order valence-corrected chi connectivity index (χ1v) is 9.81. The fraction of sp³-hybridized carbons (Fsp3) is 0.611. The van der Waals surface area contributed by atoms with Gasteiger partial charge in [0.05, 0.1) is 11.2 Å². The van der Waals surface area contributed by atoms with Crippen molar-refractivity contribution in [1.82, 2.24) is 4.72 Å². The number of sulfonamides is 1. The van der Waals surface area contributed by atoms with Gasteiger partial charge < -0.3 is 0 Å². The normalized spacial score (nSPS) is 25.3. The number of amides is 1. The zero-order valence-electron chi connectivity index (χ0n) is 14.2. The van der Waals surface area contributed by atoms with Gasteiger partial charge in [-0.2, -0.15) is 0 Å². The second-order valence-electron chi connectivity index (χ2n) is 7.22. The average Bonchev–Trinajstić information content (AvgIpc) is 2.47. The van der Waals surface area contributed by atoms with Crippen molar-refractivity contribution in [3.05, 3.63) is 35.9 Å². The molecular formula is C18H27NO3S. The summed E-state index contributed by atoms with van der Waals surface area (Å²) in [5.74, 6) is 0.705. The Balaban J connectivity index is 2.00. The smallest absolute Gasteiger partial charge is 0.240 e. The Morgan fingerprint density at radius 1 is 1.22 bits per heavy atom. The summed E-state index contributed by atoms with van der Waals surface area (Å²) in [5.41, 5.74) is 0.814. The van der Waals surface area contributed by atoms with Gasteiger partial charge in [0.1, 0.15) is 0 Å². The molecule has 0 atom stereocenters. The molecule has 0 bridgehead atoms. The van der Waals surface area contributed by atoms with E-state index >= 15 is 0 Å². The van der Waals surface area contributed by atoms with Crippen LogP contribution in [-0.2, 0) is 21.2 Å². The zero-order chi connectivity index (χ0) is 17.1.